The molecule has 9 heteroatoms. The lowest BCUT2D eigenvalue weighted by Crippen LogP contribution is -2.35. The minimum Gasteiger partial charge on any atom is -0.465 e. The number of hydrogen-bond acceptors (Lipinski definition) is 8. The van der Waals surface area contributed by atoms with Crippen LogP contribution in [0.15, 0.2) is 0 Å². The van der Waals surface area contributed by atoms with Gasteiger partial charge in [-0.1, -0.05) is 234 Å². The standard InChI is InChI=1S/C65H128N2O7/c1-6-11-16-21-26-35-46-61(44-33-19-14-9-4)59-73-64(70)49-37-28-24-30-40-51-66(53-43-39-48-63(69)67(55-57-72-58-56-68)54-42-32-23-18-13-8-3)52-41-31-25-29-38-50-65(71)74-60-62(45-34-20-15-10-5)47-36-27-22-17-12-7-2/h61-62,68H,6-60H2,1-5H3. The van der Waals surface area contributed by atoms with Crippen LogP contribution in [-0.4, -0.2) is 98.5 Å². The molecule has 0 rings (SSSR count). The number of esters is 2. The largest absolute Gasteiger partial charge is 0.465 e. The average Bonchev–Trinajstić information content (AvgIpc) is 3.40. The highest BCUT2D eigenvalue weighted by Gasteiger charge is 2.16. The Hall–Kier alpha value is -1.71. The lowest BCUT2D eigenvalue weighted by Gasteiger charge is -2.24. The van der Waals surface area contributed by atoms with E-state index in [1.165, 1.54) is 193 Å². The number of carbonyl (C=O) groups excluding carboxylic acids is 3. The lowest BCUT2D eigenvalue weighted by atomic mass is 9.95. The van der Waals surface area contributed by atoms with Gasteiger partial charge in [-0.05, 0) is 102 Å². The fourth-order valence-corrected chi connectivity index (χ4v) is 10.5. The highest BCUT2D eigenvalue weighted by Crippen LogP contribution is 2.22. The second-order valence-corrected chi connectivity index (χ2v) is 22.7. The van der Waals surface area contributed by atoms with Crippen LogP contribution in [0, 0.1) is 11.8 Å². The molecule has 0 aromatic rings. The maximum atomic E-state index is 13.4. The lowest BCUT2D eigenvalue weighted by molar-refractivity contribution is -0.146. The number of carbonyl (C=O) groups is 3. The summed E-state index contributed by atoms with van der Waals surface area (Å²) in [6.45, 7) is 17.9. The molecule has 1 amide bonds. The molecule has 1 N–H and O–H groups in total. The van der Waals surface area contributed by atoms with E-state index in [-0.39, 0.29) is 24.5 Å². The van der Waals surface area contributed by atoms with E-state index < -0.39 is 0 Å². The number of unbranched alkanes of at least 4 members (excludes halogenated alkanes) is 30. The van der Waals surface area contributed by atoms with E-state index in [9.17, 15) is 14.4 Å². The predicted octanol–water partition coefficient (Wildman–Crippen LogP) is 18.1. The van der Waals surface area contributed by atoms with Crippen molar-refractivity contribution < 1.29 is 33.7 Å². The third kappa shape index (κ3) is 51.1. The number of hydrogen-bond donors (Lipinski definition) is 1. The molecule has 0 bridgehead atoms. The zero-order valence-corrected chi connectivity index (χ0v) is 50.3. The van der Waals surface area contributed by atoms with Crippen molar-refractivity contribution in [2.24, 2.45) is 11.8 Å². The van der Waals surface area contributed by atoms with Gasteiger partial charge in [0.1, 0.15) is 0 Å². The fourth-order valence-electron chi connectivity index (χ4n) is 10.5. The average molecular weight is 1050 g/mol. The van der Waals surface area contributed by atoms with Crippen LogP contribution in [-0.2, 0) is 28.6 Å². The first-order valence-electron chi connectivity index (χ1n) is 32.8. The molecule has 2 unspecified atom stereocenters. The van der Waals surface area contributed by atoms with Crippen LogP contribution >= 0.6 is 0 Å². The molecule has 2 atom stereocenters. The normalized spacial score (nSPS) is 12.4. The van der Waals surface area contributed by atoms with Gasteiger partial charge in [-0.2, -0.15) is 0 Å². The summed E-state index contributed by atoms with van der Waals surface area (Å²) in [6, 6.07) is 0. The topological polar surface area (TPSA) is 106 Å². The van der Waals surface area contributed by atoms with Crippen LogP contribution in [0.25, 0.3) is 0 Å². The first kappa shape index (κ1) is 72.3. The molecule has 74 heavy (non-hydrogen) atoms. The molecule has 0 heterocycles. The molecule has 0 aromatic heterocycles. The van der Waals surface area contributed by atoms with Crippen molar-refractivity contribution in [1.29, 1.82) is 0 Å². The van der Waals surface area contributed by atoms with Crippen molar-refractivity contribution in [3.8, 4) is 0 Å². The highest BCUT2D eigenvalue weighted by atomic mass is 16.5. The molecule has 0 saturated heterocycles. The maximum absolute atomic E-state index is 13.4. The summed E-state index contributed by atoms with van der Waals surface area (Å²) in [4.78, 5) is 43.7. The first-order valence-corrected chi connectivity index (χ1v) is 32.8. The maximum Gasteiger partial charge on any atom is 0.305 e. The van der Waals surface area contributed by atoms with E-state index in [0.717, 1.165) is 103 Å². The van der Waals surface area contributed by atoms with E-state index in [1.54, 1.807) is 0 Å². The predicted molar refractivity (Wildman–Crippen MR) is 316 cm³/mol. The second kappa shape index (κ2) is 59.0. The molecule has 0 saturated carbocycles. The van der Waals surface area contributed by atoms with Gasteiger partial charge in [0.25, 0.3) is 0 Å². The van der Waals surface area contributed by atoms with Gasteiger partial charge in [-0.15, -0.1) is 0 Å². The van der Waals surface area contributed by atoms with Crippen LogP contribution in [0.2, 0.25) is 0 Å². The van der Waals surface area contributed by atoms with Gasteiger partial charge < -0.3 is 29.1 Å². The van der Waals surface area contributed by atoms with Gasteiger partial charge in [0.05, 0.1) is 33.0 Å². The Bertz CT molecular complexity index is 1110. The van der Waals surface area contributed by atoms with Crippen molar-refractivity contribution in [2.45, 2.75) is 324 Å². The molecule has 0 aliphatic heterocycles. The van der Waals surface area contributed by atoms with Crippen molar-refractivity contribution in [1.82, 2.24) is 9.80 Å². The van der Waals surface area contributed by atoms with Gasteiger partial charge >= 0.3 is 11.9 Å². The van der Waals surface area contributed by atoms with Crippen molar-refractivity contribution in [3.63, 3.8) is 0 Å². The number of nitrogens with zero attached hydrogens (tertiary/aromatic N) is 2. The van der Waals surface area contributed by atoms with Crippen LogP contribution < -0.4 is 0 Å². The third-order valence-corrected chi connectivity index (χ3v) is 15.5. The minimum atomic E-state index is -0.00706. The Kier molecular flexibility index (Phi) is 57.6. The van der Waals surface area contributed by atoms with E-state index in [0.29, 0.717) is 64.1 Å². The summed E-state index contributed by atoms with van der Waals surface area (Å²) >= 11 is 0. The van der Waals surface area contributed by atoms with Gasteiger partial charge in [0.15, 0.2) is 0 Å². The summed E-state index contributed by atoms with van der Waals surface area (Å²) in [5.41, 5.74) is 0. The third-order valence-electron chi connectivity index (χ3n) is 15.5. The van der Waals surface area contributed by atoms with Crippen molar-refractivity contribution in [2.75, 3.05) is 65.8 Å². The van der Waals surface area contributed by atoms with Crippen LogP contribution in [0.4, 0.5) is 0 Å². The monoisotopic (exact) mass is 1050 g/mol. The Labute approximate surface area is 460 Å². The summed E-state index contributed by atoms with van der Waals surface area (Å²) < 4.78 is 17.3. The van der Waals surface area contributed by atoms with Crippen LogP contribution in [0.3, 0.4) is 0 Å². The Morgan fingerprint density at radius 3 is 1.05 bits per heavy atom. The smallest absolute Gasteiger partial charge is 0.305 e. The minimum absolute atomic E-state index is 0.00706. The Morgan fingerprint density at radius 1 is 0.351 bits per heavy atom. The molecule has 0 fully saturated rings. The van der Waals surface area contributed by atoms with Gasteiger partial charge in [-0.25, -0.2) is 0 Å². The number of aliphatic hydroxyl groups is 1. The molecule has 9 nitrogen and oxygen atoms in total. The number of ether oxygens (including phenoxy) is 3. The molecule has 0 aliphatic rings. The van der Waals surface area contributed by atoms with Gasteiger partial charge in [-0.3, -0.25) is 14.4 Å². The zero-order valence-electron chi connectivity index (χ0n) is 50.3. The first-order chi connectivity index (χ1) is 36.3. The second-order valence-electron chi connectivity index (χ2n) is 22.7. The van der Waals surface area contributed by atoms with Crippen molar-refractivity contribution in [3.05, 3.63) is 0 Å². The number of rotatable bonds is 61. The zero-order chi connectivity index (χ0) is 54.1. The Morgan fingerprint density at radius 2 is 0.662 bits per heavy atom. The Balaban J connectivity index is 5.00. The van der Waals surface area contributed by atoms with Gasteiger partial charge in [0.2, 0.25) is 5.91 Å². The molecule has 0 aromatic carbocycles. The quantitative estimate of drug-likeness (QED) is 0.0474. The van der Waals surface area contributed by atoms with Crippen molar-refractivity contribution >= 4 is 17.8 Å². The summed E-state index contributed by atoms with van der Waals surface area (Å²) in [5.74, 6) is 1.25. The van der Waals surface area contributed by atoms with E-state index in [2.05, 4.69) is 39.5 Å². The van der Waals surface area contributed by atoms with Crippen LogP contribution in [0.1, 0.15) is 324 Å². The summed E-state index contributed by atoms with van der Waals surface area (Å²) in [7, 11) is 0. The van der Waals surface area contributed by atoms with E-state index in [4.69, 9.17) is 19.3 Å². The van der Waals surface area contributed by atoms with Gasteiger partial charge in [0, 0.05) is 32.4 Å². The highest BCUT2D eigenvalue weighted by molar-refractivity contribution is 5.76. The SMILES string of the molecule is CCCCCCCCC(CCCCCC)COC(=O)CCCCCCCN(CCCCCCCC(=O)OCC(CCCCCC)CCCCCCCC)CCCCC(=O)N(CCCCCCCC)CCOCCO. The molecule has 440 valence electrons. The number of amides is 1. The number of aliphatic hydroxyl groups excluding tert-OH is 1. The molecular formula is C65H128N2O7. The summed E-state index contributed by atoms with van der Waals surface area (Å²) in [6.07, 6.45) is 52.4. The molecular weight excluding hydrogens is 921 g/mol. The fraction of sp³-hybridized carbons (Fsp3) is 0.954. The van der Waals surface area contributed by atoms with E-state index >= 15 is 0 Å². The van der Waals surface area contributed by atoms with Crippen LogP contribution in [0.5, 0.6) is 0 Å². The molecule has 0 aliphatic carbocycles. The molecule has 0 spiro atoms. The van der Waals surface area contributed by atoms with E-state index in [1.807, 2.05) is 4.90 Å². The summed E-state index contributed by atoms with van der Waals surface area (Å²) in [5, 5.41) is 9.17. The molecule has 0 radical (unpaired) electrons.